The van der Waals surface area contributed by atoms with E-state index in [4.69, 9.17) is 18.9 Å². The number of carboxylic acid groups (broad SMARTS) is 1. The number of carboxylic acids is 1. The lowest BCUT2D eigenvalue weighted by molar-refractivity contribution is -0.139. The number of nitrogens with zero attached hydrogens (tertiary/aromatic N) is 6. The zero-order valence-corrected chi connectivity index (χ0v) is 37.9. The van der Waals surface area contributed by atoms with Gasteiger partial charge in [-0.05, 0) is 121 Å². The van der Waals surface area contributed by atoms with Crippen molar-refractivity contribution in [3.63, 3.8) is 0 Å². The van der Waals surface area contributed by atoms with Gasteiger partial charge in [0.2, 0.25) is 11.6 Å². The van der Waals surface area contributed by atoms with Crippen molar-refractivity contribution < 1.29 is 54.8 Å². The Kier molecular flexibility index (Phi) is 13.8. The maximum absolute atomic E-state index is 14.6. The summed E-state index contributed by atoms with van der Waals surface area (Å²) in [4.78, 5) is 36.3. The van der Waals surface area contributed by atoms with E-state index in [1.165, 1.54) is 30.3 Å². The summed E-state index contributed by atoms with van der Waals surface area (Å²) in [5, 5.41) is 17.2. The lowest BCUT2D eigenvalue weighted by atomic mass is 9.94. The SMILES string of the molecule is Cc1cc(-c2nc(-c3cccc(CN(C)CC(=O)Oc4ccc(-c5ccc(-c6nc(-c7ccc(CN(C)CC(=O)O)cc7)no6)cc5C)c(C(F)(F)F)c4)c3)no2)ccc1-c1ccccc1C(F)(F)F. The molecule has 0 spiro atoms. The van der Waals surface area contributed by atoms with E-state index in [0.29, 0.717) is 51.3 Å². The molecule has 12 nitrogen and oxygen atoms in total. The molecule has 0 unspecified atom stereocenters. The van der Waals surface area contributed by atoms with Crippen LogP contribution in [0.5, 0.6) is 5.75 Å². The van der Waals surface area contributed by atoms with Crippen molar-refractivity contribution in [2.24, 2.45) is 0 Å². The van der Waals surface area contributed by atoms with Crippen LogP contribution in [0.15, 0.2) is 136 Å². The minimum absolute atomic E-state index is 0.0574. The second-order valence-electron chi connectivity index (χ2n) is 16.8. The average Bonchev–Trinajstić information content (AvgIpc) is 4.01. The van der Waals surface area contributed by atoms with Crippen LogP contribution in [0.25, 0.3) is 67.9 Å². The summed E-state index contributed by atoms with van der Waals surface area (Å²) in [6, 6.07) is 32.7. The minimum atomic E-state index is -4.80. The molecule has 0 aliphatic carbocycles. The molecular formula is C52H42F6N6O6. The van der Waals surface area contributed by atoms with Gasteiger partial charge in [-0.15, -0.1) is 0 Å². The van der Waals surface area contributed by atoms with Crippen molar-refractivity contribution in [3.05, 3.63) is 161 Å². The summed E-state index contributed by atoms with van der Waals surface area (Å²) in [5.74, 6) is -1.14. The van der Waals surface area contributed by atoms with Gasteiger partial charge in [0, 0.05) is 35.3 Å². The number of aliphatic carboxylic acids is 1. The molecule has 8 aromatic rings. The molecule has 0 fully saturated rings. The third-order valence-corrected chi connectivity index (χ3v) is 11.2. The van der Waals surface area contributed by atoms with Gasteiger partial charge in [-0.25, -0.2) is 0 Å². The average molecular weight is 961 g/mol. The molecule has 2 aromatic heterocycles. The highest BCUT2D eigenvalue weighted by Gasteiger charge is 2.36. The third kappa shape index (κ3) is 11.3. The van der Waals surface area contributed by atoms with Gasteiger partial charge >= 0.3 is 24.3 Å². The fourth-order valence-corrected chi connectivity index (χ4v) is 8.05. The van der Waals surface area contributed by atoms with E-state index in [2.05, 4.69) is 20.3 Å². The number of aryl methyl sites for hydroxylation is 2. The molecule has 70 heavy (non-hydrogen) atoms. The molecule has 1 N–H and O–H groups in total. The highest BCUT2D eigenvalue weighted by atomic mass is 19.4. The Balaban J connectivity index is 0.898. The summed E-state index contributed by atoms with van der Waals surface area (Å²) >= 11 is 0. The van der Waals surface area contributed by atoms with Crippen LogP contribution in [-0.4, -0.2) is 74.3 Å². The van der Waals surface area contributed by atoms with Gasteiger partial charge in [-0.1, -0.05) is 89.2 Å². The summed E-state index contributed by atoms with van der Waals surface area (Å²) in [7, 11) is 3.35. The van der Waals surface area contributed by atoms with Crippen molar-refractivity contribution in [3.8, 4) is 73.7 Å². The Bertz CT molecular complexity index is 3200. The molecule has 0 atom stereocenters. The van der Waals surface area contributed by atoms with E-state index >= 15 is 0 Å². The maximum atomic E-state index is 14.6. The topological polar surface area (TPSA) is 148 Å². The monoisotopic (exact) mass is 960 g/mol. The number of halogens is 6. The van der Waals surface area contributed by atoms with Crippen molar-refractivity contribution in [1.29, 1.82) is 0 Å². The summed E-state index contributed by atoms with van der Waals surface area (Å²) in [5.41, 5.74) is 3.83. The lowest BCUT2D eigenvalue weighted by Gasteiger charge is -2.18. The molecule has 358 valence electrons. The summed E-state index contributed by atoms with van der Waals surface area (Å²) < 4.78 is 101. The number of hydrogen-bond acceptors (Lipinski definition) is 11. The molecule has 0 aliphatic rings. The van der Waals surface area contributed by atoms with Crippen molar-refractivity contribution in [1.82, 2.24) is 30.1 Å². The Hall–Kier alpha value is -7.96. The van der Waals surface area contributed by atoms with Gasteiger partial charge in [0.15, 0.2) is 0 Å². The van der Waals surface area contributed by atoms with Gasteiger partial charge in [-0.3, -0.25) is 19.4 Å². The largest absolute Gasteiger partial charge is 0.480 e. The van der Waals surface area contributed by atoms with Crippen molar-refractivity contribution >= 4 is 11.9 Å². The molecule has 0 aliphatic heterocycles. The smallest absolute Gasteiger partial charge is 0.417 e. The van der Waals surface area contributed by atoms with Crippen LogP contribution in [0.4, 0.5) is 26.3 Å². The van der Waals surface area contributed by atoms with Crippen molar-refractivity contribution in [2.45, 2.75) is 39.3 Å². The van der Waals surface area contributed by atoms with Crippen LogP contribution in [-0.2, 0) is 35.0 Å². The molecule has 6 aromatic carbocycles. The number of rotatable bonds is 15. The third-order valence-electron chi connectivity index (χ3n) is 11.2. The van der Waals surface area contributed by atoms with Gasteiger partial charge in [0.1, 0.15) is 5.75 Å². The van der Waals surface area contributed by atoms with Crippen LogP contribution in [0.1, 0.15) is 33.4 Å². The first-order valence-electron chi connectivity index (χ1n) is 21.5. The molecule has 2 heterocycles. The number of carbonyl (C=O) groups is 2. The second kappa shape index (κ2) is 19.9. The van der Waals surface area contributed by atoms with E-state index < -0.39 is 35.4 Å². The van der Waals surface area contributed by atoms with Gasteiger partial charge in [0.25, 0.3) is 11.8 Å². The minimum Gasteiger partial charge on any atom is -0.480 e. The Labute approximate surface area is 396 Å². The highest BCUT2D eigenvalue weighted by molar-refractivity contribution is 5.78. The normalized spacial score (nSPS) is 11.9. The molecule has 8 rings (SSSR count). The molecule has 18 heteroatoms. The maximum Gasteiger partial charge on any atom is 0.417 e. The Morgan fingerprint density at radius 3 is 1.67 bits per heavy atom. The Morgan fingerprint density at radius 1 is 0.557 bits per heavy atom. The number of esters is 1. The number of carbonyl (C=O) groups excluding carboxylic acids is 1. The number of alkyl halides is 6. The number of ether oxygens (including phenoxy) is 1. The van der Waals surface area contributed by atoms with E-state index in [1.54, 1.807) is 104 Å². The van der Waals surface area contributed by atoms with Crippen LogP contribution in [0.3, 0.4) is 0 Å². The van der Waals surface area contributed by atoms with Crippen LogP contribution >= 0.6 is 0 Å². The van der Waals surface area contributed by atoms with Crippen LogP contribution < -0.4 is 4.74 Å². The molecule has 0 amide bonds. The first-order valence-corrected chi connectivity index (χ1v) is 21.5. The lowest BCUT2D eigenvalue weighted by Crippen LogP contribution is -2.28. The first kappa shape index (κ1) is 48.5. The standard InChI is InChI=1S/C52H42F6N6O6/c1-30-22-37(16-19-39(30)41-10-5-6-11-43(41)51(53,54)55)50-60-48(62-70-50)35-9-7-8-33(24-35)27-64(4)29-46(67)68-38-18-21-42(44(25-38)52(56,57)58)40-20-17-36(23-31(40)2)49-59-47(61-69-49)34-14-12-32(13-15-34)26-63(3)28-45(65)66/h5-25H,26-29H2,1-4H3,(H,65,66). The quantitative estimate of drug-likeness (QED) is 0.0592. The molecule has 0 bridgehead atoms. The zero-order valence-electron chi connectivity index (χ0n) is 37.9. The van der Waals surface area contributed by atoms with E-state index in [1.807, 2.05) is 18.2 Å². The Morgan fingerprint density at radius 2 is 1.09 bits per heavy atom. The first-order chi connectivity index (χ1) is 33.3. The van der Waals surface area contributed by atoms with Gasteiger partial charge in [-0.2, -0.15) is 36.3 Å². The number of benzene rings is 6. The van der Waals surface area contributed by atoms with Gasteiger partial charge < -0.3 is 18.9 Å². The van der Waals surface area contributed by atoms with Crippen molar-refractivity contribution in [2.75, 3.05) is 27.2 Å². The fourth-order valence-electron chi connectivity index (χ4n) is 8.05. The van der Waals surface area contributed by atoms with Crippen LogP contribution in [0, 0.1) is 13.8 Å². The molecule has 0 saturated carbocycles. The summed E-state index contributed by atoms with van der Waals surface area (Å²) in [6.45, 7) is 3.65. The van der Waals surface area contributed by atoms with Gasteiger partial charge in [0.05, 0.1) is 24.2 Å². The molecule has 0 saturated heterocycles. The number of aromatic nitrogens is 4. The second-order valence-corrected chi connectivity index (χ2v) is 16.8. The fraction of sp³-hybridized carbons (Fsp3) is 0.192. The van der Waals surface area contributed by atoms with E-state index in [-0.39, 0.29) is 59.7 Å². The number of hydrogen-bond donors (Lipinski definition) is 1. The predicted octanol–water partition coefficient (Wildman–Crippen LogP) is 11.7. The number of likely N-dealkylation sites (N-methyl/N-ethyl adjacent to an activating group) is 2. The van der Waals surface area contributed by atoms with E-state index in [9.17, 15) is 35.9 Å². The molecule has 0 radical (unpaired) electrons. The summed E-state index contributed by atoms with van der Waals surface area (Å²) in [6.07, 6.45) is -9.33. The zero-order chi connectivity index (χ0) is 49.9. The highest BCUT2D eigenvalue weighted by Crippen LogP contribution is 2.42. The molecular weight excluding hydrogens is 919 g/mol. The predicted molar refractivity (Wildman–Crippen MR) is 247 cm³/mol. The van der Waals surface area contributed by atoms with E-state index in [0.717, 1.165) is 23.3 Å². The van der Waals surface area contributed by atoms with Crippen LogP contribution in [0.2, 0.25) is 0 Å².